The second kappa shape index (κ2) is 10.5. The Morgan fingerprint density at radius 3 is 2.52 bits per heavy atom. The highest BCUT2D eigenvalue weighted by molar-refractivity contribution is 7.80. The number of rotatable bonds is 7. The van der Waals surface area contributed by atoms with E-state index >= 15 is 0 Å². The molecule has 0 fully saturated rings. The molecule has 4 rings (SSSR count). The molecule has 3 aromatic carbocycles. The van der Waals surface area contributed by atoms with Gasteiger partial charge in [-0.2, -0.15) is 0 Å². The van der Waals surface area contributed by atoms with Gasteiger partial charge in [0.05, 0.1) is 11.6 Å². The molecule has 0 radical (unpaired) electrons. The van der Waals surface area contributed by atoms with Crippen molar-refractivity contribution in [1.29, 1.82) is 0 Å². The summed E-state index contributed by atoms with van der Waals surface area (Å²) in [5, 5.41) is 10.4. The number of amides is 1. The zero-order valence-electron chi connectivity index (χ0n) is 18.1. The summed E-state index contributed by atoms with van der Waals surface area (Å²) in [7, 11) is 0. The fourth-order valence-corrected chi connectivity index (χ4v) is 4.18. The third kappa shape index (κ3) is 5.53. The van der Waals surface area contributed by atoms with E-state index in [1.807, 2.05) is 85.8 Å². The molecule has 3 aromatic rings. The van der Waals surface area contributed by atoms with Crippen LogP contribution in [-0.4, -0.2) is 11.0 Å². The van der Waals surface area contributed by atoms with Gasteiger partial charge in [-0.05, 0) is 36.8 Å². The van der Waals surface area contributed by atoms with Crippen molar-refractivity contribution in [2.45, 2.75) is 26.1 Å². The largest absolute Gasteiger partial charge is 0.488 e. The summed E-state index contributed by atoms with van der Waals surface area (Å²) in [6.45, 7) is 2.59. The predicted molar refractivity (Wildman–Crippen MR) is 135 cm³/mol. The molecular formula is C26H24ClN3O2S. The molecule has 1 aliphatic rings. The topological polar surface area (TPSA) is 62.4 Å². The Morgan fingerprint density at radius 1 is 1.03 bits per heavy atom. The molecule has 0 bridgehead atoms. The molecule has 1 amide bonds. The molecule has 0 aromatic heterocycles. The van der Waals surface area contributed by atoms with Crippen molar-refractivity contribution in [2.24, 2.45) is 0 Å². The van der Waals surface area contributed by atoms with Crippen LogP contribution in [0.2, 0.25) is 5.02 Å². The first kappa shape index (κ1) is 22.8. The maximum Gasteiger partial charge on any atom is 0.251 e. The van der Waals surface area contributed by atoms with Crippen LogP contribution < -0.4 is 20.7 Å². The monoisotopic (exact) mass is 477 g/mol. The van der Waals surface area contributed by atoms with Crippen molar-refractivity contribution in [3.63, 3.8) is 0 Å². The number of thiocarbonyl (C=S) groups is 1. The number of carbonyl (C=O) groups excluding carboxylic acids is 1. The average molecular weight is 478 g/mol. The van der Waals surface area contributed by atoms with E-state index in [2.05, 4.69) is 16.0 Å². The first-order valence-electron chi connectivity index (χ1n) is 10.6. The normalized spacial score (nSPS) is 15.5. The van der Waals surface area contributed by atoms with Crippen molar-refractivity contribution in [1.82, 2.24) is 16.0 Å². The minimum absolute atomic E-state index is 0.176. The van der Waals surface area contributed by atoms with Crippen molar-refractivity contribution in [3.05, 3.63) is 112 Å². The number of benzene rings is 3. The van der Waals surface area contributed by atoms with Gasteiger partial charge in [0.1, 0.15) is 12.4 Å². The number of halogens is 1. The molecule has 0 saturated heterocycles. The van der Waals surface area contributed by atoms with Crippen LogP contribution in [0.3, 0.4) is 0 Å². The standard InChI is InChI=1S/C26H24ClN3O2S/c1-17-23(25(31)28-15-18-9-3-2-4-10-18)24(30-26(33)29-17)20-12-6-8-14-22(20)32-16-19-11-5-7-13-21(19)27/h2-14,24H,15-16H2,1H3,(H,28,31)(H2,29,30,33)/t24-/m0/s1. The number of ether oxygens (including phenoxy) is 1. The molecule has 1 heterocycles. The quantitative estimate of drug-likeness (QED) is 0.417. The van der Waals surface area contributed by atoms with Gasteiger partial charge in [0, 0.05) is 28.4 Å². The maximum absolute atomic E-state index is 13.3. The van der Waals surface area contributed by atoms with E-state index in [1.54, 1.807) is 0 Å². The summed E-state index contributed by atoms with van der Waals surface area (Å²) in [6.07, 6.45) is 0. The first-order chi connectivity index (χ1) is 16.0. The summed E-state index contributed by atoms with van der Waals surface area (Å²) in [5.74, 6) is 0.477. The van der Waals surface area contributed by atoms with E-state index in [4.69, 9.17) is 28.6 Å². The van der Waals surface area contributed by atoms with Gasteiger partial charge in [-0.15, -0.1) is 0 Å². The third-order valence-electron chi connectivity index (χ3n) is 5.38. The molecule has 0 aliphatic carbocycles. The van der Waals surface area contributed by atoms with Crippen molar-refractivity contribution in [2.75, 3.05) is 0 Å². The van der Waals surface area contributed by atoms with E-state index < -0.39 is 6.04 Å². The lowest BCUT2D eigenvalue weighted by molar-refractivity contribution is -0.118. The summed E-state index contributed by atoms with van der Waals surface area (Å²) in [4.78, 5) is 13.3. The Morgan fingerprint density at radius 2 is 1.73 bits per heavy atom. The van der Waals surface area contributed by atoms with Crippen LogP contribution >= 0.6 is 23.8 Å². The van der Waals surface area contributed by atoms with Gasteiger partial charge in [-0.25, -0.2) is 0 Å². The lowest BCUT2D eigenvalue weighted by Crippen LogP contribution is -2.46. The van der Waals surface area contributed by atoms with Gasteiger partial charge in [-0.3, -0.25) is 4.79 Å². The van der Waals surface area contributed by atoms with Crippen LogP contribution in [0.5, 0.6) is 5.75 Å². The van der Waals surface area contributed by atoms with Crippen molar-refractivity contribution in [3.8, 4) is 5.75 Å². The van der Waals surface area contributed by atoms with E-state index in [-0.39, 0.29) is 5.91 Å². The molecule has 0 spiro atoms. The molecule has 7 heteroatoms. The van der Waals surface area contributed by atoms with Crippen LogP contribution in [0.25, 0.3) is 0 Å². The zero-order chi connectivity index (χ0) is 23.2. The molecular weight excluding hydrogens is 454 g/mol. The molecule has 0 saturated carbocycles. The highest BCUT2D eigenvalue weighted by Gasteiger charge is 2.31. The fraction of sp³-hybridized carbons (Fsp3) is 0.154. The fourth-order valence-electron chi connectivity index (χ4n) is 3.72. The molecule has 1 aliphatic heterocycles. The SMILES string of the molecule is CC1=C(C(=O)NCc2ccccc2)[C@H](c2ccccc2OCc2ccccc2Cl)NC(=S)N1. The minimum Gasteiger partial charge on any atom is -0.488 e. The molecule has 0 unspecified atom stereocenters. The number of nitrogens with one attached hydrogen (secondary N) is 3. The summed E-state index contributed by atoms with van der Waals surface area (Å²) in [5.41, 5.74) is 3.99. The van der Waals surface area contributed by atoms with Gasteiger partial charge in [0.2, 0.25) is 0 Å². The highest BCUT2D eigenvalue weighted by Crippen LogP contribution is 2.33. The first-order valence-corrected chi connectivity index (χ1v) is 11.4. The zero-order valence-corrected chi connectivity index (χ0v) is 19.7. The summed E-state index contributed by atoms with van der Waals surface area (Å²) >= 11 is 11.7. The number of carbonyl (C=O) groups is 1. The summed E-state index contributed by atoms with van der Waals surface area (Å²) in [6, 6.07) is 24.5. The molecule has 5 nitrogen and oxygen atoms in total. The van der Waals surface area contributed by atoms with E-state index in [9.17, 15) is 4.79 Å². The van der Waals surface area contributed by atoms with Crippen LogP contribution in [0.15, 0.2) is 90.1 Å². The Balaban J connectivity index is 1.59. The van der Waals surface area contributed by atoms with Gasteiger partial charge in [0.15, 0.2) is 5.11 Å². The van der Waals surface area contributed by atoms with Crippen LogP contribution in [0.1, 0.15) is 29.7 Å². The Hall–Kier alpha value is -3.35. The second-order valence-electron chi connectivity index (χ2n) is 7.66. The van der Waals surface area contributed by atoms with Gasteiger partial charge < -0.3 is 20.7 Å². The maximum atomic E-state index is 13.3. The van der Waals surface area contributed by atoms with Crippen LogP contribution in [0.4, 0.5) is 0 Å². The lowest BCUT2D eigenvalue weighted by atomic mass is 9.94. The van der Waals surface area contributed by atoms with E-state index in [0.29, 0.717) is 40.3 Å². The smallest absolute Gasteiger partial charge is 0.251 e. The molecule has 33 heavy (non-hydrogen) atoms. The Labute approximate surface area is 203 Å². The van der Waals surface area contributed by atoms with Crippen LogP contribution in [0, 0.1) is 0 Å². The Kier molecular flexibility index (Phi) is 7.27. The number of para-hydroxylation sites is 1. The molecule has 168 valence electrons. The molecule has 3 N–H and O–H groups in total. The minimum atomic E-state index is -0.461. The van der Waals surface area contributed by atoms with Crippen molar-refractivity contribution < 1.29 is 9.53 Å². The predicted octanol–water partition coefficient (Wildman–Crippen LogP) is 5.03. The number of hydrogen-bond acceptors (Lipinski definition) is 3. The van der Waals surface area contributed by atoms with E-state index in [1.165, 1.54) is 0 Å². The molecule has 1 atom stereocenters. The second-order valence-corrected chi connectivity index (χ2v) is 8.47. The van der Waals surface area contributed by atoms with E-state index in [0.717, 1.165) is 16.7 Å². The highest BCUT2D eigenvalue weighted by atomic mass is 35.5. The Bertz CT molecular complexity index is 1200. The van der Waals surface area contributed by atoms with Gasteiger partial charge in [-0.1, -0.05) is 78.3 Å². The van der Waals surface area contributed by atoms with Gasteiger partial charge in [0.25, 0.3) is 5.91 Å². The van der Waals surface area contributed by atoms with Crippen molar-refractivity contribution >= 4 is 34.8 Å². The number of allylic oxidation sites excluding steroid dienone is 1. The number of hydrogen-bond donors (Lipinski definition) is 3. The summed E-state index contributed by atoms with van der Waals surface area (Å²) < 4.78 is 6.14. The lowest BCUT2D eigenvalue weighted by Gasteiger charge is -2.31. The van der Waals surface area contributed by atoms with Gasteiger partial charge >= 0.3 is 0 Å². The van der Waals surface area contributed by atoms with Crippen LogP contribution in [-0.2, 0) is 17.9 Å². The average Bonchev–Trinajstić information content (AvgIpc) is 2.82. The third-order valence-corrected chi connectivity index (χ3v) is 5.97.